The molecule has 68 valence electrons. The second kappa shape index (κ2) is 3.16. The molecule has 1 atom stereocenters. The number of rotatable bonds is 0. The third kappa shape index (κ3) is 2.25. The minimum atomic E-state index is -4.30. The molecule has 0 aromatic heterocycles. The Bertz CT molecular complexity index is 217. The summed E-state index contributed by atoms with van der Waals surface area (Å²) in [6.45, 7) is 1.97. The zero-order chi connectivity index (χ0) is 9.19. The van der Waals surface area contributed by atoms with Crippen LogP contribution in [0.15, 0.2) is 16.8 Å². The molecule has 1 aliphatic rings. The van der Waals surface area contributed by atoms with Crippen molar-refractivity contribution in [2.24, 2.45) is 4.99 Å². The van der Waals surface area contributed by atoms with Crippen LogP contribution < -0.4 is 5.32 Å². The first kappa shape index (κ1) is 9.09. The van der Waals surface area contributed by atoms with Crippen molar-refractivity contribution in [2.75, 3.05) is 6.54 Å². The van der Waals surface area contributed by atoms with Gasteiger partial charge >= 0.3 is 6.18 Å². The quantitative estimate of drug-likeness (QED) is 0.597. The van der Waals surface area contributed by atoms with Crippen LogP contribution in [0.3, 0.4) is 0 Å². The Morgan fingerprint density at radius 3 is 2.83 bits per heavy atom. The van der Waals surface area contributed by atoms with Gasteiger partial charge in [-0.3, -0.25) is 4.99 Å². The normalized spacial score (nSPS) is 24.3. The summed E-state index contributed by atoms with van der Waals surface area (Å²) in [6, 6.07) is -0.110. The van der Waals surface area contributed by atoms with Crippen LogP contribution in [0.5, 0.6) is 0 Å². The molecule has 1 N–H and O–H groups in total. The van der Waals surface area contributed by atoms with Gasteiger partial charge < -0.3 is 5.32 Å². The van der Waals surface area contributed by atoms with Gasteiger partial charge in [0, 0.05) is 12.8 Å². The third-order valence-electron chi connectivity index (χ3n) is 1.48. The maximum Gasteiger partial charge on any atom is 0.430 e. The first-order valence-electron chi connectivity index (χ1n) is 3.54. The van der Waals surface area contributed by atoms with Crippen LogP contribution in [0.25, 0.3) is 0 Å². The molecule has 0 aromatic carbocycles. The maximum atomic E-state index is 12.1. The zero-order valence-corrected chi connectivity index (χ0v) is 6.52. The molecule has 0 fully saturated rings. The topological polar surface area (TPSA) is 24.4 Å². The summed E-state index contributed by atoms with van der Waals surface area (Å²) < 4.78 is 36.2. The monoisotopic (exact) mass is 178 g/mol. The first-order valence-corrected chi connectivity index (χ1v) is 3.54. The van der Waals surface area contributed by atoms with Gasteiger partial charge in [0.05, 0.1) is 6.04 Å². The van der Waals surface area contributed by atoms with Gasteiger partial charge in [0.1, 0.15) is 5.70 Å². The Kier molecular flexibility index (Phi) is 2.40. The van der Waals surface area contributed by atoms with E-state index in [2.05, 4.69) is 10.3 Å². The molecule has 5 heteroatoms. The van der Waals surface area contributed by atoms with E-state index in [0.29, 0.717) is 0 Å². The SMILES string of the molecule is CC1CNC(C(F)(F)F)=CC=N1. The van der Waals surface area contributed by atoms with E-state index < -0.39 is 11.9 Å². The van der Waals surface area contributed by atoms with E-state index in [1.54, 1.807) is 6.92 Å². The molecule has 0 aliphatic carbocycles. The summed E-state index contributed by atoms with van der Waals surface area (Å²) in [5.41, 5.74) is -0.726. The number of nitrogens with zero attached hydrogens (tertiary/aromatic N) is 1. The highest BCUT2D eigenvalue weighted by molar-refractivity contribution is 5.72. The summed E-state index contributed by atoms with van der Waals surface area (Å²) in [4.78, 5) is 3.82. The predicted molar refractivity (Wildman–Crippen MR) is 40.1 cm³/mol. The molecule has 2 nitrogen and oxygen atoms in total. The largest absolute Gasteiger partial charge is 0.430 e. The van der Waals surface area contributed by atoms with Crippen LogP contribution in [0, 0.1) is 0 Å². The molecular weight excluding hydrogens is 169 g/mol. The lowest BCUT2D eigenvalue weighted by molar-refractivity contribution is -0.0965. The standard InChI is InChI=1S/C7H9F3N2/c1-5-4-12-6(2-3-11-5)7(8,9)10/h2-3,5,12H,4H2,1H3. The van der Waals surface area contributed by atoms with Gasteiger partial charge in [-0.2, -0.15) is 13.2 Å². The minimum Gasteiger partial charge on any atom is -0.379 e. The second-order valence-electron chi connectivity index (χ2n) is 2.61. The Morgan fingerprint density at radius 1 is 1.58 bits per heavy atom. The number of halogens is 3. The van der Waals surface area contributed by atoms with Gasteiger partial charge in [0.25, 0.3) is 0 Å². The molecule has 0 saturated carbocycles. The van der Waals surface area contributed by atoms with E-state index in [-0.39, 0.29) is 12.6 Å². The highest BCUT2D eigenvalue weighted by Gasteiger charge is 2.33. The number of alkyl halides is 3. The number of aliphatic imine (C=N–C) groups is 1. The molecule has 0 radical (unpaired) electrons. The summed E-state index contributed by atoms with van der Waals surface area (Å²) in [6.07, 6.45) is -2.16. The summed E-state index contributed by atoms with van der Waals surface area (Å²) in [7, 11) is 0. The average molecular weight is 178 g/mol. The van der Waals surface area contributed by atoms with Crippen molar-refractivity contribution >= 4 is 6.21 Å². The summed E-state index contributed by atoms with van der Waals surface area (Å²) in [5.74, 6) is 0. The highest BCUT2D eigenvalue weighted by Crippen LogP contribution is 2.23. The van der Waals surface area contributed by atoms with Crippen LogP contribution in [-0.2, 0) is 0 Å². The molecule has 12 heavy (non-hydrogen) atoms. The molecular formula is C7H9F3N2. The maximum absolute atomic E-state index is 12.1. The van der Waals surface area contributed by atoms with Gasteiger partial charge in [0.15, 0.2) is 0 Å². The summed E-state index contributed by atoms with van der Waals surface area (Å²) >= 11 is 0. The van der Waals surface area contributed by atoms with Crippen LogP contribution >= 0.6 is 0 Å². The van der Waals surface area contributed by atoms with Crippen molar-refractivity contribution < 1.29 is 13.2 Å². The fourth-order valence-corrected chi connectivity index (χ4v) is 0.828. The van der Waals surface area contributed by atoms with Gasteiger partial charge in [0.2, 0.25) is 0 Å². The van der Waals surface area contributed by atoms with Gasteiger partial charge in [-0.05, 0) is 13.0 Å². The van der Waals surface area contributed by atoms with Crippen molar-refractivity contribution in [3.05, 3.63) is 11.8 Å². The number of nitrogens with one attached hydrogen (secondary N) is 1. The van der Waals surface area contributed by atoms with Gasteiger partial charge in [-0.25, -0.2) is 0 Å². The second-order valence-corrected chi connectivity index (χ2v) is 2.61. The van der Waals surface area contributed by atoms with E-state index in [1.807, 2.05) is 0 Å². The molecule has 0 spiro atoms. The molecule has 1 rings (SSSR count). The van der Waals surface area contributed by atoms with Gasteiger partial charge in [-0.1, -0.05) is 0 Å². The number of hydrogen-bond donors (Lipinski definition) is 1. The number of hydrogen-bond acceptors (Lipinski definition) is 2. The molecule has 0 aromatic rings. The van der Waals surface area contributed by atoms with E-state index in [0.717, 1.165) is 6.08 Å². The van der Waals surface area contributed by atoms with E-state index in [1.165, 1.54) is 6.21 Å². The lowest BCUT2D eigenvalue weighted by atomic mass is 10.3. The number of allylic oxidation sites excluding steroid dienone is 2. The predicted octanol–water partition coefficient (Wildman–Crippen LogP) is 1.50. The van der Waals surface area contributed by atoms with Crippen molar-refractivity contribution in [2.45, 2.75) is 19.1 Å². The van der Waals surface area contributed by atoms with Crippen LogP contribution in [0.2, 0.25) is 0 Å². The first-order chi connectivity index (χ1) is 5.50. The fourth-order valence-electron chi connectivity index (χ4n) is 0.828. The molecule has 1 unspecified atom stereocenters. The van der Waals surface area contributed by atoms with Crippen LogP contribution in [-0.4, -0.2) is 25.0 Å². The fraction of sp³-hybridized carbons (Fsp3) is 0.571. The van der Waals surface area contributed by atoms with E-state index >= 15 is 0 Å². The molecule has 0 saturated heterocycles. The Hall–Kier alpha value is -1.00. The Balaban J connectivity index is 2.70. The molecule has 1 heterocycles. The summed E-state index contributed by atoms with van der Waals surface area (Å²) in [5, 5.41) is 2.28. The Morgan fingerprint density at radius 2 is 2.25 bits per heavy atom. The van der Waals surface area contributed by atoms with Crippen LogP contribution in [0.4, 0.5) is 13.2 Å². The third-order valence-corrected chi connectivity index (χ3v) is 1.48. The van der Waals surface area contributed by atoms with Crippen molar-refractivity contribution in [1.82, 2.24) is 5.32 Å². The minimum absolute atomic E-state index is 0.110. The van der Waals surface area contributed by atoms with Gasteiger partial charge in [-0.15, -0.1) is 0 Å². The highest BCUT2D eigenvalue weighted by atomic mass is 19.4. The van der Waals surface area contributed by atoms with E-state index in [4.69, 9.17) is 0 Å². The van der Waals surface area contributed by atoms with Crippen molar-refractivity contribution in [3.63, 3.8) is 0 Å². The molecule has 0 bridgehead atoms. The molecule has 0 amide bonds. The van der Waals surface area contributed by atoms with Crippen molar-refractivity contribution in [1.29, 1.82) is 0 Å². The molecule has 1 aliphatic heterocycles. The average Bonchev–Trinajstić information content (AvgIpc) is 2.11. The van der Waals surface area contributed by atoms with E-state index in [9.17, 15) is 13.2 Å². The Labute approximate surface area is 68.2 Å². The lowest BCUT2D eigenvalue weighted by Gasteiger charge is -2.12. The van der Waals surface area contributed by atoms with Crippen LogP contribution in [0.1, 0.15) is 6.92 Å². The smallest absolute Gasteiger partial charge is 0.379 e. The lowest BCUT2D eigenvalue weighted by Crippen LogP contribution is -2.29. The zero-order valence-electron chi connectivity index (χ0n) is 6.52. The van der Waals surface area contributed by atoms with Crippen molar-refractivity contribution in [3.8, 4) is 0 Å².